The van der Waals surface area contributed by atoms with E-state index in [1.807, 2.05) is 11.4 Å². The summed E-state index contributed by atoms with van der Waals surface area (Å²) in [5, 5.41) is 4.58. The highest BCUT2D eigenvalue weighted by Crippen LogP contribution is 2.32. The molecule has 0 radical (unpaired) electrons. The second-order valence-electron chi connectivity index (χ2n) is 5.80. The quantitative estimate of drug-likeness (QED) is 0.562. The molecule has 1 aliphatic rings. The predicted molar refractivity (Wildman–Crippen MR) is 104 cm³/mol. The highest BCUT2D eigenvalue weighted by Gasteiger charge is 2.28. The summed E-state index contributed by atoms with van der Waals surface area (Å²) < 4.78 is 20.7. The van der Waals surface area contributed by atoms with Crippen LogP contribution in [0, 0.1) is 5.82 Å². The van der Waals surface area contributed by atoms with Crippen molar-refractivity contribution in [1.82, 2.24) is 9.88 Å². The minimum atomic E-state index is -0.458. The van der Waals surface area contributed by atoms with E-state index in [0.29, 0.717) is 31.0 Å². The Morgan fingerprint density at radius 3 is 2.92 bits per heavy atom. The van der Waals surface area contributed by atoms with Gasteiger partial charge in [-0.1, -0.05) is 18.2 Å². The van der Waals surface area contributed by atoms with E-state index in [0.717, 1.165) is 14.4 Å². The smallest absolute Gasteiger partial charge is 0.273 e. The van der Waals surface area contributed by atoms with Crippen LogP contribution in [0.1, 0.15) is 22.2 Å². The topological polar surface area (TPSA) is 42.4 Å². The third kappa shape index (κ3) is 3.59. The molecule has 26 heavy (non-hydrogen) atoms. The van der Waals surface area contributed by atoms with E-state index in [2.05, 4.69) is 20.9 Å². The van der Waals surface area contributed by atoms with Crippen molar-refractivity contribution in [2.75, 3.05) is 19.7 Å². The Kier molecular flexibility index (Phi) is 5.17. The number of benzene rings is 1. The number of halogens is 2. The van der Waals surface area contributed by atoms with E-state index in [1.165, 1.54) is 17.4 Å². The molecule has 1 amide bonds. The van der Waals surface area contributed by atoms with Gasteiger partial charge in [-0.05, 0) is 28.1 Å². The van der Waals surface area contributed by atoms with Crippen molar-refractivity contribution in [3.8, 4) is 9.88 Å². The van der Waals surface area contributed by atoms with Crippen molar-refractivity contribution in [2.24, 2.45) is 0 Å². The highest BCUT2D eigenvalue weighted by atomic mass is 79.9. The van der Waals surface area contributed by atoms with Gasteiger partial charge in [0.15, 0.2) is 0 Å². The number of rotatable bonds is 3. The van der Waals surface area contributed by atoms with Gasteiger partial charge in [0.05, 0.1) is 18.0 Å². The second-order valence-corrected chi connectivity index (χ2v) is 8.48. The minimum Gasteiger partial charge on any atom is -0.370 e. The van der Waals surface area contributed by atoms with Gasteiger partial charge in [0.2, 0.25) is 0 Å². The van der Waals surface area contributed by atoms with Gasteiger partial charge in [0.25, 0.3) is 5.91 Å². The maximum Gasteiger partial charge on any atom is 0.273 e. The summed E-state index contributed by atoms with van der Waals surface area (Å²) in [6.07, 6.45) is -0.458. The molecule has 2 aromatic heterocycles. The number of amides is 1. The van der Waals surface area contributed by atoms with E-state index >= 15 is 0 Å². The number of aromatic nitrogens is 1. The number of nitrogens with zero attached hydrogens (tertiary/aromatic N) is 2. The SMILES string of the molecule is O=C(c1csc(-c2cc(Br)cs2)n1)N1CCOC(c2ccccc2F)C1. The Morgan fingerprint density at radius 1 is 1.31 bits per heavy atom. The lowest BCUT2D eigenvalue weighted by Crippen LogP contribution is -2.42. The molecule has 134 valence electrons. The number of carbonyl (C=O) groups excluding carboxylic acids is 1. The largest absolute Gasteiger partial charge is 0.370 e. The monoisotopic (exact) mass is 452 g/mol. The molecule has 1 unspecified atom stereocenters. The molecule has 8 heteroatoms. The Balaban J connectivity index is 1.51. The fourth-order valence-corrected chi connectivity index (χ4v) is 5.13. The lowest BCUT2D eigenvalue weighted by Gasteiger charge is -2.32. The van der Waals surface area contributed by atoms with Crippen molar-refractivity contribution in [1.29, 1.82) is 0 Å². The molecule has 1 aromatic carbocycles. The summed E-state index contributed by atoms with van der Waals surface area (Å²) >= 11 is 6.45. The first kappa shape index (κ1) is 17.8. The molecular formula is C18H14BrFN2O2S2. The average Bonchev–Trinajstić information content (AvgIpc) is 3.30. The zero-order valence-corrected chi connectivity index (χ0v) is 16.7. The summed E-state index contributed by atoms with van der Waals surface area (Å²) in [4.78, 5) is 20.0. The lowest BCUT2D eigenvalue weighted by atomic mass is 10.1. The molecule has 3 aromatic rings. The Hall–Kier alpha value is -1.61. The van der Waals surface area contributed by atoms with Crippen LogP contribution in [0.25, 0.3) is 9.88 Å². The summed E-state index contributed by atoms with van der Waals surface area (Å²) in [7, 11) is 0. The Labute approximate surface area is 166 Å². The van der Waals surface area contributed by atoms with Crippen molar-refractivity contribution in [3.05, 3.63) is 62.6 Å². The van der Waals surface area contributed by atoms with Crippen molar-refractivity contribution < 1.29 is 13.9 Å². The first-order valence-corrected chi connectivity index (χ1v) is 10.5. The van der Waals surface area contributed by atoms with E-state index in [1.54, 1.807) is 39.8 Å². The molecule has 0 saturated carbocycles. The Morgan fingerprint density at radius 2 is 2.15 bits per heavy atom. The minimum absolute atomic E-state index is 0.146. The first-order chi connectivity index (χ1) is 12.6. The van der Waals surface area contributed by atoms with E-state index < -0.39 is 6.10 Å². The third-order valence-electron chi connectivity index (χ3n) is 4.11. The van der Waals surface area contributed by atoms with Crippen LogP contribution in [0.3, 0.4) is 0 Å². The molecule has 4 nitrogen and oxygen atoms in total. The van der Waals surface area contributed by atoms with Gasteiger partial charge >= 0.3 is 0 Å². The van der Waals surface area contributed by atoms with E-state index in [4.69, 9.17) is 4.74 Å². The summed E-state index contributed by atoms with van der Waals surface area (Å²) in [6, 6.07) is 8.51. The highest BCUT2D eigenvalue weighted by molar-refractivity contribution is 9.10. The Bertz CT molecular complexity index is 943. The maximum absolute atomic E-state index is 14.0. The van der Waals surface area contributed by atoms with Gasteiger partial charge in [-0.15, -0.1) is 22.7 Å². The van der Waals surface area contributed by atoms with Crippen molar-refractivity contribution in [2.45, 2.75) is 6.10 Å². The molecular weight excluding hydrogens is 439 g/mol. The van der Waals surface area contributed by atoms with Gasteiger partial charge in [0.1, 0.15) is 22.6 Å². The van der Waals surface area contributed by atoms with Crippen LogP contribution in [0.2, 0.25) is 0 Å². The number of morpholine rings is 1. The number of hydrogen-bond acceptors (Lipinski definition) is 5. The van der Waals surface area contributed by atoms with Gasteiger partial charge in [-0.3, -0.25) is 4.79 Å². The van der Waals surface area contributed by atoms with Crippen molar-refractivity contribution in [3.63, 3.8) is 0 Å². The number of carbonyl (C=O) groups is 1. The molecule has 0 spiro atoms. The van der Waals surface area contributed by atoms with Crippen LogP contribution >= 0.6 is 38.6 Å². The molecule has 0 aliphatic carbocycles. The molecule has 0 bridgehead atoms. The van der Waals surface area contributed by atoms with Gasteiger partial charge < -0.3 is 9.64 Å². The van der Waals surface area contributed by atoms with Crippen LogP contribution in [-0.4, -0.2) is 35.5 Å². The number of thiophene rings is 1. The summed E-state index contributed by atoms with van der Waals surface area (Å²) in [5.41, 5.74) is 0.899. The zero-order chi connectivity index (χ0) is 18.1. The fourth-order valence-electron chi connectivity index (χ4n) is 2.83. The van der Waals surface area contributed by atoms with Gasteiger partial charge in [-0.2, -0.15) is 0 Å². The predicted octanol–water partition coefficient (Wildman–Crippen LogP) is 4.99. The number of hydrogen-bond donors (Lipinski definition) is 0. The fraction of sp³-hybridized carbons (Fsp3) is 0.222. The molecule has 1 fully saturated rings. The number of thiazole rings is 1. The molecule has 1 aliphatic heterocycles. The van der Waals surface area contributed by atoms with Crippen LogP contribution in [-0.2, 0) is 4.74 Å². The molecule has 1 atom stereocenters. The van der Waals surface area contributed by atoms with Crippen molar-refractivity contribution >= 4 is 44.5 Å². The van der Waals surface area contributed by atoms with Crippen LogP contribution in [0.5, 0.6) is 0 Å². The first-order valence-electron chi connectivity index (χ1n) is 7.97. The second kappa shape index (κ2) is 7.56. The zero-order valence-electron chi connectivity index (χ0n) is 13.5. The third-order valence-corrected chi connectivity index (χ3v) is 6.81. The van der Waals surface area contributed by atoms with Crippen LogP contribution in [0.15, 0.2) is 45.6 Å². The standard InChI is InChI=1S/C18H14BrFN2O2S2/c19-11-7-16(25-9-11)17-21-14(10-26-17)18(23)22-5-6-24-15(8-22)12-3-1-2-4-13(12)20/h1-4,7,9-10,15H,5-6,8H2. The van der Waals surface area contributed by atoms with E-state index in [-0.39, 0.29) is 11.7 Å². The summed E-state index contributed by atoms with van der Waals surface area (Å²) in [6.45, 7) is 1.16. The number of ether oxygens (including phenoxy) is 1. The normalized spacial score (nSPS) is 17.5. The average molecular weight is 453 g/mol. The van der Waals surface area contributed by atoms with Crippen LogP contribution in [0.4, 0.5) is 4.39 Å². The van der Waals surface area contributed by atoms with Gasteiger partial charge in [0, 0.05) is 27.3 Å². The lowest BCUT2D eigenvalue weighted by molar-refractivity contribution is -0.0244. The molecule has 3 heterocycles. The van der Waals surface area contributed by atoms with E-state index in [9.17, 15) is 9.18 Å². The maximum atomic E-state index is 14.0. The molecule has 0 N–H and O–H groups in total. The van der Waals surface area contributed by atoms with Gasteiger partial charge in [-0.25, -0.2) is 9.37 Å². The molecule has 1 saturated heterocycles. The summed E-state index contributed by atoms with van der Waals surface area (Å²) in [5.74, 6) is -0.459. The molecule has 4 rings (SSSR count). The van der Waals surface area contributed by atoms with Crippen LogP contribution < -0.4 is 0 Å².